The van der Waals surface area contributed by atoms with Gasteiger partial charge in [0.2, 0.25) is 11.8 Å². The number of rotatable bonds is 12. The van der Waals surface area contributed by atoms with Crippen LogP contribution in [0.2, 0.25) is 10.0 Å². The van der Waals surface area contributed by atoms with Gasteiger partial charge in [0.1, 0.15) is 12.6 Å². The molecule has 0 spiro atoms. The Hall–Kier alpha value is -3.37. The Morgan fingerprint density at radius 1 is 0.818 bits per heavy atom. The van der Waals surface area contributed by atoms with Crippen molar-refractivity contribution in [2.45, 2.75) is 43.8 Å². The summed E-state index contributed by atoms with van der Waals surface area (Å²) >= 11 is 15.8. The molecule has 0 aliphatic carbocycles. The molecular formula is C33H32BrCl2N3O4S. The Morgan fingerprint density at radius 2 is 1.48 bits per heavy atom. The third kappa shape index (κ3) is 8.85. The number of hydrogen-bond acceptors (Lipinski definition) is 4. The lowest BCUT2D eigenvalue weighted by molar-refractivity contribution is -0.140. The van der Waals surface area contributed by atoms with Crippen LogP contribution in [0, 0.1) is 0 Å². The number of nitrogens with zero attached hydrogens (tertiary/aromatic N) is 2. The third-order valence-electron chi connectivity index (χ3n) is 6.72. The van der Waals surface area contributed by atoms with Crippen molar-refractivity contribution >= 4 is 66.7 Å². The van der Waals surface area contributed by atoms with Gasteiger partial charge in [0, 0.05) is 33.5 Å². The molecule has 0 saturated carbocycles. The number of anilines is 1. The average Bonchev–Trinajstić information content (AvgIpc) is 2.98. The topological polar surface area (TPSA) is 86.8 Å². The van der Waals surface area contributed by atoms with E-state index in [0.29, 0.717) is 10.0 Å². The van der Waals surface area contributed by atoms with E-state index in [0.717, 1.165) is 19.9 Å². The number of halogens is 3. The molecule has 0 bridgehead atoms. The second kappa shape index (κ2) is 15.1. The standard InChI is InChI=1S/C33H32BrCl2N3O4S/c1-23(2)37-33(41)31(19-24-8-4-3-5-9-24)38(21-25-10-6-11-26(34)18-25)32(40)22-39(29-13-7-12-28(36)20-29)44(42,43)30-16-14-27(35)15-17-30/h3-18,20,23,31H,19,21-22H2,1-2H3,(H,37,41)/t31-/m1/s1. The summed E-state index contributed by atoms with van der Waals surface area (Å²) in [6, 6.07) is 27.7. The van der Waals surface area contributed by atoms with E-state index < -0.39 is 28.5 Å². The molecule has 0 heterocycles. The fourth-order valence-electron chi connectivity index (χ4n) is 4.66. The molecule has 0 radical (unpaired) electrons. The summed E-state index contributed by atoms with van der Waals surface area (Å²) in [4.78, 5) is 29.6. The first-order valence-corrected chi connectivity index (χ1v) is 16.8. The highest BCUT2D eigenvalue weighted by Gasteiger charge is 2.35. The van der Waals surface area contributed by atoms with Crippen LogP contribution in [0.4, 0.5) is 5.69 Å². The predicted molar refractivity (Wildman–Crippen MR) is 179 cm³/mol. The molecule has 0 aliphatic heterocycles. The van der Waals surface area contributed by atoms with Gasteiger partial charge in [-0.05, 0) is 79.6 Å². The predicted octanol–water partition coefficient (Wildman–Crippen LogP) is 7.12. The van der Waals surface area contributed by atoms with E-state index in [4.69, 9.17) is 23.2 Å². The fraction of sp³-hybridized carbons (Fsp3) is 0.212. The van der Waals surface area contributed by atoms with Crippen LogP contribution in [-0.2, 0) is 32.6 Å². The zero-order chi connectivity index (χ0) is 31.9. The van der Waals surface area contributed by atoms with Crippen LogP contribution in [0.15, 0.2) is 112 Å². The van der Waals surface area contributed by atoms with Crippen molar-refractivity contribution in [3.05, 3.63) is 129 Å². The van der Waals surface area contributed by atoms with Crippen LogP contribution in [0.5, 0.6) is 0 Å². The van der Waals surface area contributed by atoms with Crippen molar-refractivity contribution in [1.29, 1.82) is 0 Å². The summed E-state index contributed by atoms with van der Waals surface area (Å²) in [5.74, 6) is -0.913. The smallest absolute Gasteiger partial charge is 0.264 e. The molecule has 1 N–H and O–H groups in total. The van der Waals surface area contributed by atoms with Crippen molar-refractivity contribution in [3.63, 3.8) is 0 Å². The van der Waals surface area contributed by atoms with Crippen molar-refractivity contribution < 1.29 is 18.0 Å². The maximum Gasteiger partial charge on any atom is 0.264 e. The van der Waals surface area contributed by atoms with E-state index >= 15 is 0 Å². The Kier molecular flexibility index (Phi) is 11.5. The van der Waals surface area contributed by atoms with Gasteiger partial charge < -0.3 is 10.2 Å². The summed E-state index contributed by atoms with van der Waals surface area (Å²) in [6.07, 6.45) is 0.222. The Labute approximate surface area is 277 Å². The Bertz CT molecular complexity index is 1700. The number of nitrogens with one attached hydrogen (secondary N) is 1. The minimum Gasteiger partial charge on any atom is -0.352 e. The van der Waals surface area contributed by atoms with Gasteiger partial charge >= 0.3 is 0 Å². The molecule has 4 aromatic rings. The first-order valence-electron chi connectivity index (χ1n) is 13.9. The molecule has 0 saturated heterocycles. The zero-order valence-electron chi connectivity index (χ0n) is 24.2. The van der Waals surface area contributed by atoms with Gasteiger partial charge in [0.05, 0.1) is 10.6 Å². The van der Waals surface area contributed by atoms with Crippen LogP contribution in [0.25, 0.3) is 0 Å². The molecule has 4 rings (SSSR count). The molecule has 44 heavy (non-hydrogen) atoms. The third-order valence-corrected chi connectivity index (χ3v) is 9.49. The highest BCUT2D eigenvalue weighted by atomic mass is 79.9. The van der Waals surface area contributed by atoms with E-state index in [1.54, 1.807) is 18.2 Å². The molecule has 1 atom stereocenters. The highest BCUT2D eigenvalue weighted by Crippen LogP contribution is 2.28. The number of carbonyl (C=O) groups excluding carboxylic acids is 2. The summed E-state index contributed by atoms with van der Waals surface area (Å²) < 4.78 is 29.9. The number of carbonyl (C=O) groups is 2. The van der Waals surface area contributed by atoms with Crippen LogP contribution in [-0.4, -0.2) is 43.8 Å². The van der Waals surface area contributed by atoms with Gasteiger partial charge in [-0.3, -0.25) is 13.9 Å². The molecule has 11 heteroatoms. The minimum absolute atomic E-state index is 0.0494. The van der Waals surface area contributed by atoms with Gasteiger partial charge in [-0.25, -0.2) is 8.42 Å². The number of sulfonamides is 1. The van der Waals surface area contributed by atoms with Crippen LogP contribution in [0.1, 0.15) is 25.0 Å². The quantitative estimate of drug-likeness (QED) is 0.169. The lowest BCUT2D eigenvalue weighted by Gasteiger charge is -2.34. The molecule has 0 unspecified atom stereocenters. The number of hydrogen-bond donors (Lipinski definition) is 1. The average molecular weight is 718 g/mol. The zero-order valence-corrected chi connectivity index (χ0v) is 28.1. The molecule has 230 valence electrons. The molecule has 2 amide bonds. The van der Waals surface area contributed by atoms with Crippen LogP contribution >= 0.6 is 39.1 Å². The van der Waals surface area contributed by atoms with Crippen molar-refractivity contribution in [1.82, 2.24) is 10.2 Å². The molecule has 4 aromatic carbocycles. The largest absolute Gasteiger partial charge is 0.352 e. The van der Waals surface area contributed by atoms with Crippen molar-refractivity contribution in [3.8, 4) is 0 Å². The van der Waals surface area contributed by atoms with Crippen molar-refractivity contribution in [2.75, 3.05) is 10.8 Å². The van der Waals surface area contributed by atoms with E-state index in [2.05, 4.69) is 21.2 Å². The van der Waals surface area contributed by atoms with E-state index in [1.165, 1.54) is 35.2 Å². The maximum atomic E-state index is 14.4. The Balaban J connectivity index is 1.81. The molecule has 0 fully saturated rings. The second-order valence-electron chi connectivity index (χ2n) is 10.5. The SMILES string of the molecule is CC(C)NC(=O)[C@@H](Cc1ccccc1)N(Cc1cccc(Br)c1)C(=O)CN(c1cccc(Cl)c1)S(=O)(=O)c1ccc(Cl)cc1. The first kappa shape index (κ1) is 33.5. The van der Waals surface area contributed by atoms with Gasteiger partial charge in [-0.1, -0.05) is 87.7 Å². The lowest BCUT2D eigenvalue weighted by Crippen LogP contribution is -2.54. The molecule has 7 nitrogen and oxygen atoms in total. The number of benzene rings is 4. The van der Waals surface area contributed by atoms with E-state index in [9.17, 15) is 18.0 Å². The summed E-state index contributed by atoms with van der Waals surface area (Å²) in [5, 5.41) is 3.62. The highest BCUT2D eigenvalue weighted by molar-refractivity contribution is 9.10. The monoisotopic (exact) mass is 715 g/mol. The normalized spacial score (nSPS) is 12.0. The van der Waals surface area contributed by atoms with Gasteiger partial charge in [0.25, 0.3) is 10.0 Å². The summed E-state index contributed by atoms with van der Waals surface area (Å²) in [6.45, 7) is 3.17. The van der Waals surface area contributed by atoms with Crippen LogP contribution < -0.4 is 9.62 Å². The van der Waals surface area contributed by atoms with Crippen molar-refractivity contribution in [2.24, 2.45) is 0 Å². The fourth-order valence-corrected chi connectivity index (χ4v) is 6.82. The van der Waals surface area contributed by atoms with Gasteiger partial charge in [0.15, 0.2) is 0 Å². The second-order valence-corrected chi connectivity index (χ2v) is 14.1. The minimum atomic E-state index is -4.26. The summed E-state index contributed by atoms with van der Waals surface area (Å²) in [5.41, 5.74) is 1.82. The number of amides is 2. The van der Waals surface area contributed by atoms with E-state index in [-0.39, 0.29) is 35.5 Å². The van der Waals surface area contributed by atoms with Crippen LogP contribution in [0.3, 0.4) is 0 Å². The lowest BCUT2D eigenvalue weighted by atomic mass is 10.0. The van der Waals surface area contributed by atoms with Gasteiger partial charge in [-0.2, -0.15) is 0 Å². The summed E-state index contributed by atoms with van der Waals surface area (Å²) in [7, 11) is -4.26. The Morgan fingerprint density at radius 3 is 2.11 bits per heavy atom. The molecule has 0 aliphatic rings. The van der Waals surface area contributed by atoms with E-state index in [1.807, 2.05) is 68.4 Å². The van der Waals surface area contributed by atoms with Gasteiger partial charge in [-0.15, -0.1) is 0 Å². The first-order chi connectivity index (χ1) is 20.9. The molecule has 0 aromatic heterocycles. The maximum absolute atomic E-state index is 14.4. The molecular weight excluding hydrogens is 685 g/mol.